The first-order chi connectivity index (χ1) is 7.38. The van der Waals surface area contributed by atoms with Crippen LogP contribution in [0, 0.1) is 5.92 Å². The molecule has 80 valence electrons. The lowest BCUT2D eigenvalue weighted by Gasteiger charge is -2.32. The molecule has 1 aromatic carbocycles. The van der Waals surface area contributed by atoms with Crippen LogP contribution in [0.2, 0.25) is 0 Å². The van der Waals surface area contributed by atoms with Gasteiger partial charge < -0.3 is 9.47 Å². The summed E-state index contributed by atoms with van der Waals surface area (Å²) in [5, 5.41) is 0. The Hall–Kier alpha value is -0.860. The van der Waals surface area contributed by atoms with Gasteiger partial charge >= 0.3 is 0 Å². The lowest BCUT2D eigenvalue weighted by Crippen LogP contribution is -2.32. The highest BCUT2D eigenvalue weighted by Gasteiger charge is 2.38. The quantitative estimate of drug-likeness (QED) is 0.700. The highest BCUT2D eigenvalue weighted by atomic mass is 16.7. The van der Waals surface area contributed by atoms with Gasteiger partial charge in [-0.05, 0) is 24.0 Å². The first-order valence-electron chi connectivity index (χ1n) is 5.73. The molecule has 1 fully saturated rings. The Bertz CT molecular complexity index is 361. The Morgan fingerprint density at radius 1 is 1.33 bits per heavy atom. The Labute approximate surface area is 90.2 Å². The number of ether oxygens (including phenoxy) is 2. The molecule has 0 saturated carbocycles. The van der Waals surface area contributed by atoms with E-state index < -0.39 is 0 Å². The average molecular weight is 204 g/mol. The molecule has 1 saturated heterocycles. The summed E-state index contributed by atoms with van der Waals surface area (Å²) >= 11 is 0. The zero-order valence-corrected chi connectivity index (χ0v) is 8.98. The Kier molecular flexibility index (Phi) is 2.26. The number of hydrogen-bond acceptors (Lipinski definition) is 2. The van der Waals surface area contributed by atoms with E-state index >= 15 is 0 Å². The first kappa shape index (κ1) is 9.37. The molecule has 0 amide bonds. The summed E-state index contributed by atoms with van der Waals surface area (Å²) in [5.41, 5.74) is 2.82. The van der Waals surface area contributed by atoms with E-state index in [1.165, 1.54) is 11.1 Å². The number of rotatable bonds is 1. The highest BCUT2D eigenvalue weighted by molar-refractivity contribution is 5.35. The second kappa shape index (κ2) is 3.62. The molecule has 3 unspecified atom stereocenters. The average Bonchev–Trinajstić information content (AvgIpc) is 2.66. The zero-order valence-electron chi connectivity index (χ0n) is 8.98. The fourth-order valence-corrected chi connectivity index (χ4v) is 2.62. The lowest BCUT2D eigenvalue weighted by atomic mass is 10.0. The topological polar surface area (TPSA) is 18.5 Å². The summed E-state index contributed by atoms with van der Waals surface area (Å²) in [6.45, 7) is 2.95. The molecular formula is C13H16O2. The van der Waals surface area contributed by atoms with Crippen molar-refractivity contribution in [3.63, 3.8) is 0 Å². The van der Waals surface area contributed by atoms with Crippen molar-refractivity contribution in [3.05, 3.63) is 35.4 Å². The van der Waals surface area contributed by atoms with Gasteiger partial charge in [-0.3, -0.25) is 0 Å². The third kappa shape index (κ3) is 1.48. The van der Waals surface area contributed by atoms with Crippen molar-refractivity contribution in [2.24, 2.45) is 5.92 Å². The SMILES string of the molecule is CCC1OCC2Cc3ccccc3C2O1. The van der Waals surface area contributed by atoms with Crippen molar-refractivity contribution >= 4 is 0 Å². The van der Waals surface area contributed by atoms with Gasteiger partial charge in [0.25, 0.3) is 0 Å². The molecule has 0 N–H and O–H groups in total. The summed E-state index contributed by atoms with van der Waals surface area (Å²) in [6, 6.07) is 8.60. The van der Waals surface area contributed by atoms with Crippen molar-refractivity contribution in [2.45, 2.75) is 32.2 Å². The van der Waals surface area contributed by atoms with E-state index in [4.69, 9.17) is 9.47 Å². The van der Waals surface area contributed by atoms with Crippen LogP contribution in [0.15, 0.2) is 24.3 Å². The highest BCUT2D eigenvalue weighted by Crippen LogP contribution is 2.42. The minimum atomic E-state index is -0.00240. The molecule has 0 aromatic heterocycles. The van der Waals surface area contributed by atoms with Crippen LogP contribution < -0.4 is 0 Å². The van der Waals surface area contributed by atoms with Gasteiger partial charge in [-0.25, -0.2) is 0 Å². The third-order valence-electron chi connectivity index (χ3n) is 3.40. The summed E-state index contributed by atoms with van der Waals surface area (Å²) < 4.78 is 11.6. The molecule has 1 aromatic rings. The summed E-state index contributed by atoms with van der Waals surface area (Å²) in [5.74, 6) is 0.533. The van der Waals surface area contributed by atoms with E-state index in [0.29, 0.717) is 5.92 Å². The van der Waals surface area contributed by atoms with E-state index in [0.717, 1.165) is 19.4 Å². The molecule has 1 aliphatic heterocycles. The van der Waals surface area contributed by atoms with Crippen molar-refractivity contribution in [3.8, 4) is 0 Å². The summed E-state index contributed by atoms with van der Waals surface area (Å²) in [6.07, 6.45) is 2.32. The molecule has 2 nitrogen and oxygen atoms in total. The van der Waals surface area contributed by atoms with Gasteiger partial charge in [-0.15, -0.1) is 0 Å². The monoisotopic (exact) mass is 204 g/mol. The second-order valence-corrected chi connectivity index (χ2v) is 4.39. The summed E-state index contributed by atoms with van der Waals surface area (Å²) in [7, 11) is 0. The van der Waals surface area contributed by atoms with Crippen LogP contribution >= 0.6 is 0 Å². The second-order valence-electron chi connectivity index (χ2n) is 4.39. The van der Waals surface area contributed by atoms with Crippen molar-refractivity contribution in [1.82, 2.24) is 0 Å². The van der Waals surface area contributed by atoms with Crippen molar-refractivity contribution < 1.29 is 9.47 Å². The predicted molar refractivity (Wildman–Crippen MR) is 57.5 cm³/mol. The van der Waals surface area contributed by atoms with Crippen LogP contribution in [-0.4, -0.2) is 12.9 Å². The fourth-order valence-electron chi connectivity index (χ4n) is 2.62. The predicted octanol–water partition coefficient (Wildman–Crippen LogP) is 2.68. The van der Waals surface area contributed by atoms with Gasteiger partial charge in [0.2, 0.25) is 0 Å². The maximum absolute atomic E-state index is 5.96. The van der Waals surface area contributed by atoms with Crippen LogP contribution in [-0.2, 0) is 15.9 Å². The summed E-state index contributed by atoms with van der Waals surface area (Å²) in [4.78, 5) is 0. The molecule has 2 aliphatic rings. The largest absolute Gasteiger partial charge is 0.352 e. The molecule has 0 spiro atoms. The Balaban J connectivity index is 1.89. The Morgan fingerprint density at radius 2 is 2.20 bits per heavy atom. The number of fused-ring (bicyclic) bond motifs is 3. The van der Waals surface area contributed by atoms with E-state index in [-0.39, 0.29) is 12.4 Å². The molecule has 3 atom stereocenters. The van der Waals surface area contributed by atoms with Gasteiger partial charge in [0.15, 0.2) is 6.29 Å². The standard InChI is InChI=1S/C13H16O2/c1-2-12-14-8-10-7-9-5-3-4-6-11(9)13(10)15-12/h3-6,10,12-13H,2,7-8H2,1H3. The minimum Gasteiger partial charge on any atom is -0.352 e. The number of benzene rings is 1. The van der Waals surface area contributed by atoms with Crippen LogP contribution in [0.3, 0.4) is 0 Å². The molecule has 1 aliphatic carbocycles. The van der Waals surface area contributed by atoms with Gasteiger partial charge in [-0.1, -0.05) is 31.2 Å². The Morgan fingerprint density at radius 3 is 3.07 bits per heavy atom. The van der Waals surface area contributed by atoms with Crippen molar-refractivity contribution in [1.29, 1.82) is 0 Å². The maximum Gasteiger partial charge on any atom is 0.158 e. The van der Waals surface area contributed by atoms with Gasteiger partial charge in [0.05, 0.1) is 12.7 Å². The molecular weight excluding hydrogens is 188 g/mol. The zero-order chi connectivity index (χ0) is 10.3. The molecule has 15 heavy (non-hydrogen) atoms. The molecule has 0 bridgehead atoms. The maximum atomic E-state index is 5.96. The van der Waals surface area contributed by atoms with Gasteiger partial charge in [-0.2, -0.15) is 0 Å². The number of hydrogen-bond donors (Lipinski definition) is 0. The van der Waals surface area contributed by atoms with Crippen LogP contribution in [0.25, 0.3) is 0 Å². The molecule has 3 rings (SSSR count). The van der Waals surface area contributed by atoms with E-state index in [1.807, 2.05) is 0 Å². The van der Waals surface area contributed by atoms with Crippen LogP contribution in [0.4, 0.5) is 0 Å². The smallest absolute Gasteiger partial charge is 0.158 e. The van der Waals surface area contributed by atoms with Gasteiger partial charge in [0, 0.05) is 5.92 Å². The normalized spacial score (nSPS) is 33.5. The van der Waals surface area contributed by atoms with E-state index in [9.17, 15) is 0 Å². The van der Waals surface area contributed by atoms with E-state index in [2.05, 4.69) is 31.2 Å². The fraction of sp³-hybridized carbons (Fsp3) is 0.538. The molecule has 1 heterocycles. The van der Waals surface area contributed by atoms with Gasteiger partial charge in [0.1, 0.15) is 0 Å². The minimum absolute atomic E-state index is 0.00240. The van der Waals surface area contributed by atoms with E-state index in [1.54, 1.807) is 0 Å². The third-order valence-corrected chi connectivity index (χ3v) is 3.40. The van der Waals surface area contributed by atoms with Crippen molar-refractivity contribution in [2.75, 3.05) is 6.61 Å². The first-order valence-corrected chi connectivity index (χ1v) is 5.73. The lowest BCUT2D eigenvalue weighted by molar-refractivity contribution is -0.235. The molecule has 2 heteroatoms. The van der Waals surface area contributed by atoms with Crippen LogP contribution in [0.1, 0.15) is 30.6 Å². The molecule has 0 radical (unpaired) electrons. The van der Waals surface area contributed by atoms with Crippen LogP contribution in [0.5, 0.6) is 0 Å².